The number of rotatable bonds is 4. The zero-order chi connectivity index (χ0) is 12.8. The lowest BCUT2D eigenvalue weighted by atomic mass is 10.3. The number of aliphatic hydroxyl groups is 1. The van der Waals surface area contributed by atoms with Gasteiger partial charge >= 0.3 is 0 Å². The van der Waals surface area contributed by atoms with Crippen molar-refractivity contribution in [3.05, 3.63) is 40.6 Å². The number of aliphatic hydroxyl groups excluding tert-OH is 1. The van der Waals surface area contributed by atoms with Crippen LogP contribution in [0.3, 0.4) is 0 Å². The van der Waals surface area contributed by atoms with Gasteiger partial charge in [0.15, 0.2) is 0 Å². The molecule has 0 aliphatic rings. The molecule has 1 aromatic carbocycles. The van der Waals surface area contributed by atoms with Crippen molar-refractivity contribution in [1.29, 1.82) is 0 Å². The third-order valence-corrected chi connectivity index (χ3v) is 1.98. The minimum Gasteiger partial charge on any atom is -0.510 e. The van der Waals surface area contributed by atoms with E-state index in [1.54, 1.807) is 24.3 Å². The Kier molecular flexibility index (Phi) is 4.21. The van der Waals surface area contributed by atoms with E-state index in [1.165, 1.54) is 14.0 Å². The van der Waals surface area contributed by atoms with Crippen LogP contribution in [0.5, 0.6) is 5.75 Å². The largest absolute Gasteiger partial charge is 0.510 e. The molecule has 1 rings (SSSR count). The van der Waals surface area contributed by atoms with Crippen LogP contribution in [0.15, 0.2) is 40.9 Å². The quantitative estimate of drug-likeness (QED) is 0.476. The van der Waals surface area contributed by atoms with Crippen molar-refractivity contribution >= 4 is 11.6 Å². The molecule has 17 heavy (non-hydrogen) atoms. The molecule has 0 radical (unpaired) electrons. The van der Waals surface area contributed by atoms with Gasteiger partial charge in [-0.3, -0.25) is 4.79 Å². The second-order valence-electron chi connectivity index (χ2n) is 3.21. The van der Waals surface area contributed by atoms with Crippen LogP contribution in [-0.4, -0.2) is 18.1 Å². The molecule has 1 amide bonds. The fourth-order valence-electron chi connectivity index (χ4n) is 1.16. The molecular formula is C11H12N2O4. The second-order valence-corrected chi connectivity index (χ2v) is 3.21. The van der Waals surface area contributed by atoms with Crippen molar-refractivity contribution in [1.82, 2.24) is 0 Å². The Hall–Kier alpha value is -2.37. The first-order valence-electron chi connectivity index (χ1n) is 4.77. The molecule has 0 saturated carbocycles. The summed E-state index contributed by atoms with van der Waals surface area (Å²) >= 11 is 0. The standard InChI is InChI=1S/C11H12N2O4/c1-7(14)10(13-16)11(15)12-8-4-3-5-9(6-8)17-2/h3-6,14H,1-2H3,(H,12,15)/b10-7-. The Labute approximate surface area is 97.9 Å². The first-order chi connectivity index (χ1) is 8.08. The van der Waals surface area contributed by atoms with Gasteiger partial charge in [0.25, 0.3) is 5.91 Å². The Morgan fingerprint density at radius 3 is 2.71 bits per heavy atom. The summed E-state index contributed by atoms with van der Waals surface area (Å²) < 4.78 is 4.97. The lowest BCUT2D eigenvalue weighted by molar-refractivity contribution is -0.113. The normalized spacial score (nSPS) is 11.4. The van der Waals surface area contributed by atoms with Crippen molar-refractivity contribution in [3.63, 3.8) is 0 Å². The van der Waals surface area contributed by atoms with Gasteiger partial charge in [0.05, 0.1) is 7.11 Å². The molecule has 0 spiro atoms. The highest BCUT2D eigenvalue weighted by Gasteiger charge is 2.14. The number of hydrogen-bond acceptors (Lipinski definition) is 5. The van der Waals surface area contributed by atoms with Gasteiger partial charge in [0, 0.05) is 11.8 Å². The molecule has 0 atom stereocenters. The van der Waals surface area contributed by atoms with Gasteiger partial charge in [-0.1, -0.05) is 6.07 Å². The van der Waals surface area contributed by atoms with Gasteiger partial charge in [0.2, 0.25) is 5.70 Å². The number of nitroso groups, excluding NO2 is 1. The number of carbonyl (C=O) groups excluding carboxylic acids is 1. The number of hydrogen-bond donors (Lipinski definition) is 2. The van der Waals surface area contributed by atoms with E-state index in [0.717, 1.165) is 0 Å². The minimum absolute atomic E-state index is 0.430. The lowest BCUT2D eigenvalue weighted by Gasteiger charge is -2.06. The summed E-state index contributed by atoms with van der Waals surface area (Å²) in [6.07, 6.45) is 0. The van der Waals surface area contributed by atoms with Gasteiger partial charge < -0.3 is 15.2 Å². The van der Waals surface area contributed by atoms with Crippen molar-refractivity contribution in [2.45, 2.75) is 6.92 Å². The zero-order valence-corrected chi connectivity index (χ0v) is 9.43. The van der Waals surface area contributed by atoms with Crippen LogP contribution in [0.4, 0.5) is 5.69 Å². The molecule has 0 aromatic heterocycles. The molecule has 2 N–H and O–H groups in total. The number of ether oxygens (including phenoxy) is 1. The van der Waals surface area contributed by atoms with Crippen molar-refractivity contribution in [2.24, 2.45) is 5.18 Å². The average Bonchev–Trinajstić information content (AvgIpc) is 2.29. The van der Waals surface area contributed by atoms with Crippen molar-refractivity contribution in [2.75, 3.05) is 12.4 Å². The van der Waals surface area contributed by atoms with Crippen LogP contribution in [0.2, 0.25) is 0 Å². The highest BCUT2D eigenvalue weighted by Crippen LogP contribution is 2.17. The third kappa shape index (κ3) is 3.30. The molecule has 0 fully saturated rings. The summed E-state index contributed by atoms with van der Waals surface area (Å²) in [7, 11) is 1.50. The summed E-state index contributed by atoms with van der Waals surface area (Å²) in [5.41, 5.74) is -0.107. The molecule has 0 heterocycles. The molecule has 6 heteroatoms. The van der Waals surface area contributed by atoms with Crippen LogP contribution in [-0.2, 0) is 4.79 Å². The van der Waals surface area contributed by atoms with Gasteiger partial charge in [0.1, 0.15) is 11.5 Å². The predicted molar refractivity (Wildman–Crippen MR) is 62.7 cm³/mol. The number of methoxy groups -OCH3 is 1. The summed E-state index contributed by atoms with van der Waals surface area (Å²) in [5, 5.41) is 13.9. The number of anilines is 1. The van der Waals surface area contributed by atoms with Gasteiger partial charge in [-0.2, -0.15) is 0 Å². The van der Waals surface area contributed by atoms with E-state index < -0.39 is 17.4 Å². The third-order valence-electron chi connectivity index (χ3n) is 1.98. The molecule has 0 unspecified atom stereocenters. The second kappa shape index (κ2) is 5.64. The molecule has 0 aliphatic heterocycles. The van der Waals surface area contributed by atoms with E-state index in [2.05, 4.69) is 10.5 Å². The van der Waals surface area contributed by atoms with Crippen LogP contribution < -0.4 is 10.1 Å². The van der Waals surface area contributed by atoms with Crippen molar-refractivity contribution in [3.8, 4) is 5.75 Å². The van der Waals surface area contributed by atoms with Gasteiger partial charge in [-0.15, -0.1) is 4.91 Å². The summed E-state index contributed by atoms with van der Waals surface area (Å²) in [5.74, 6) is -0.637. The van der Waals surface area contributed by atoms with Gasteiger partial charge in [-0.25, -0.2) is 0 Å². The SMILES string of the molecule is COc1cccc(NC(=O)/C(N=O)=C(\C)O)c1. The molecule has 0 saturated heterocycles. The molecule has 90 valence electrons. The fraction of sp³-hybridized carbons (Fsp3) is 0.182. The molecular weight excluding hydrogens is 224 g/mol. The monoisotopic (exact) mass is 236 g/mol. The number of allylic oxidation sites excluding steroid dienone is 1. The first-order valence-corrected chi connectivity index (χ1v) is 4.77. The first kappa shape index (κ1) is 12.7. The smallest absolute Gasteiger partial charge is 0.281 e. The van der Waals surface area contributed by atoms with Gasteiger partial charge in [-0.05, 0) is 24.2 Å². The number of benzene rings is 1. The maximum atomic E-state index is 11.5. The van der Waals surface area contributed by atoms with E-state index in [4.69, 9.17) is 9.84 Å². The van der Waals surface area contributed by atoms with Crippen LogP contribution >= 0.6 is 0 Å². The van der Waals surface area contributed by atoms with Crippen LogP contribution in [0.25, 0.3) is 0 Å². The topological polar surface area (TPSA) is 88.0 Å². The maximum absolute atomic E-state index is 11.5. The number of nitrogens with zero attached hydrogens (tertiary/aromatic N) is 1. The molecule has 1 aromatic rings. The maximum Gasteiger partial charge on any atom is 0.281 e. The van der Waals surface area contributed by atoms with E-state index in [0.29, 0.717) is 11.4 Å². The van der Waals surface area contributed by atoms with Crippen LogP contribution in [0, 0.1) is 4.91 Å². The summed E-state index contributed by atoms with van der Waals surface area (Å²) in [6.45, 7) is 1.21. The zero-order valence-electron chi connectivity index (χ0n) is 9.43. The Morgan fingerprint density at radius 2 is 2.18 bits per heavy atom. The predicted octanol–water partition coefficient (Wildman–Crippen LogP) is 2.19. The van der Waals surface area contributed by atoms with E-state index in [1.807, 2.05) is 0 Å². The summed E-state index contributed by atoms with van der Waals surface area (Å²) in [4.78, 5) is 21.9. The molecule has 0 bridgehead atoms. The minimum atomic E-state index is -0.770. The molecule has 0 aliphatic carbocycles. The fourth-order valence-corrected chi connectivity index (χ4v) is 1.16. The summed E-state index contributed by atoms with van der Waals surface area (Å²) in [6, 6.07) is 6.59. The highest BCUT2D eigenvalue weighted by molar-refractivity contribution is 6.03. The Bertz CT molecular complexity index is 464. The van der Waals surface area contributed by atoms with Crippen LogP contribution in [0.1, 0.15) is 6.92 Å². The van der Waals surface area contributed by atoms with E-state index in [-0.39, 0.29) is 0 Å². The Morgan fingerprint density at radius 1 is 1.47 bits per heavy atom. The Balaban J connectivity index is 2.88. The number of carbonyl (C=O) groups is 1. The van der Waals surface area contributed by atoms with Crippen molar-refractivity contribution < 1.29 is 14.6 Å². The number of nitrogens with one attached hydrogen (secondary N) is 1. The highest BCUT2D eigenvalue weighted by atomic mass is 16.5. The lowest BCUT2D eigenvalue weighted by Crippen LogP contribution is -2.14. The number of amides is 1. The molecule has 6 nitrogen and oxygen atoms in total. The van der Waals surface area contributed by atoms with E-state index >= 15 is 0 Å². The van der Waals surface area contributed by atoms with E-state index in [9.17, 15) is 9.70 Å². The average molecular weight is 236 g/mol.